The van der Waals surface area contributed by atoms with Gasteiger partial charge in [0.05, 0.1) is 13.2 Å². The molecule has 3 rings (SSSR count). The number of hydrogen-bond acceptors (Lipinski definition) is 4. The minimum absolute atomic E-state index is 0. The molecule has 32 heavy (non-hydrogen) atoms. The van der Waals surface area contributed by atoms with Crippen molar-refractivity contribution in [3.63, 3.8) is 0 Å². The molecule has 1 aliphatic heterocycles. The first kappa shape index (κ1) is 25.9. The smallest absolute Gasteiger partial charge is 0.225 e. The largest absolute Gasteiger partial charge is 0.493 e. The van der Waals surface area contributed by atoms with Crippen LogP contribution in [0, 0.1) is 0 Å². The van der Waals surface area contributed by atoms with Crippen molar-refractivity contribution in [1.29, 1.82) is 0 Å². The Kier molecular flexibility index (Phi) is 11.3. The van der Waals surface area contributed by atoms with Crippen molar-refractivity contribution >= 4 is 41.5 Å². The molecule has 3 N–H and O–H groups in total. The van der Waals surface area contributed by atoms with Crippen molar-refractivity contribution in [1.82, 2.24) is 10.6 Å². The third-order valence-electron chi connectivity index (χ3n) is 5.05. The van der Waals surface area contributed by atoms with Gasteiger partial charge in [0.25, 0.3) is 0 Å². The summed E-state index contributed by atoms with van der Waals surface area (Å²) in [7, 11) is 1.69. The molecule has 1 unspecified atom stereocenters. The number of methoxy groups -OCH3 is 1. The highest BCUT2D eigenvalue weighted by Gasteiger charge is 2.24. The van der Waals surface area contributed by atoms with E-state index in [9.17, 15) is 4.79 Å². The van der Waals surface area contributed by atoms with Crippen LogP contribution in [0.5, 0.6) is 5.75 Å². The predicted molar refractivity (Wildman–Crippen MR) is 139 cm³/mol. The Morgan fingerprint density at radius 3 is 2.81 bits per heavy atom. The first-order chi connectivity index (χ1) is 15.2. The summed E-state index contributed by atoms with van der Waals surface area (Å²) >= 11 is 0. The summed E-state index contributed by atoms with van der Waals surface area (Å²) < 4.78 is 10.8. The van der Waals surface area contributed by atoms with Gasteiger partial charge >= 0.3 is 0 Å². The van der Waals surface area contributed by atoms with E-state index in [1.54, 1.807) is 7.11 Å². The number of aliphatic imine (C=N–C) groups is 1. The summed E-state index contributed by atoms with van der Waals surface area (Å²) in [5, 5.41) is 9.63. The van der Waals surface area contributed by atoms with Crippen molar-refractivity contribution in [2.45, 2.75) is 32.2 Å². The molecule has 1 atom stereocenters. The summed E-state index contributed by atoms with van der Waals surface area (Å²) in [6.07, 6.45) is 1.32. The lowest BCUT2D eigenvalue weighted by Crippen LogP contribution is -2.40. The number of carbonyl (C=O) groups excluding carboxylic acids is 1. The van der Waals surface area contributed by atoms with Gasteiger partial charge in [0.15, 0.2) is 5.96 Å². The van der Waals surface area contributed by atoms with E-state index in [-0.39, 0.29) is 35.8 Å². The van der Waals surface area contributed by atoms with Gasteiger partial charge in [-0.1, -0.05) is 30.3 Å². The second-order valence-electron chi connectivity index (χ2n) is 7.45. The highest BCUT2D eigenvalue weighted by molar-refractivity contribution is 14.0. The molecule has 0 saturated carbocycles. The fraction of sp³-hybridized carbons (Fsp3) is 0.417. The molecule has 1 heterocycles. The standard InChI is InChI=1S/C24H32N4O3.HI/c1-3-25-24(26-16-18-8-6-9-20(14-18)31-13-7-12-30-2)27-17-19-15-23(29)28-22-11-5-4-10-21(19)22;/h4-6,8-11,14,19H,3,7,12-13,15-17H2,1-2H3,(H,28,29)(H2,25,26,27);1H. The van der Waals surface area contributed by atoms with Gasteiger partial charge in [-0.2, -0.15) is 0 Å². The van der Waals surface area contributed by atoms with E-state index < -0.39 is 0 Å². The number of anilines is 1. The molecule has 1 aliphatic rings. The fourth-order valence-corrected chi connectivity index (χ4v) is 3.54. The van der Waals surface area contributed by atoms with E-state index >= 15 is 0 Å². The van der Waals surface area contributed by atoms with Crippen molar-refractivity contribution in [3.05, 3.63) is 59.7 Å². The number of ether oxygens (including phenoxy) is 2. The number of carbonyl (C=O) groups is 1. The number of nitrogens with zero attached hydrogens (tertiary/aromatic N) is 1. The highest BCUT2D eigenvalue weighted by Crippen LogP contribution is 2.31. The van der Waals surface area contributed by atoms with E-state index in [1.165, 1.54) is 0 Å². The maximum absolute atomic E-state index is 12.1. The number of benzene rings is 2. The average molecular weight is 552 g/mol. The van der Waals surface area contributed by atoms with Crippen molar-refractivity contribution in [2.24, 2.45) is 4.99 Å². The Hall–Kier alpha value is -2.33. The average Bonchev–Trinajstić information content (AvgIpc) is 2.78. The lowest BCUT2D eigenvalue weighted by atomic mass is 9.90. The number of halogens is 1. The second-order valence-corrected chi connectivity index (χ2v) is 7.45. The number of amides is 1. The Bertz CT molecular complexity index is 891. The molecule has 0 aliphatic carbocycles. The Morgan fingerprint density at radius 2 is 2.00 bits per heavy atom. The molecule has 174 valence electrons. The van der Waals surface area contributed by atoms with Crippen molar-refractivity contribution < 1.29 is 14.3 Å². The Morgan fingerprint density at radius 1 is 1.16 bits per heavy atom. The molecule has 0 aromatic heterocycles. The lowest BCUT2D eigenvalue weighted by Gasteiger charge is -2.26. The molecular weight excluding hydrogens is 519 g/mol. The maximum atomic E-state index is 12.1. The van der Waals surface area contributed by atoms with Crippen LogP contribution in [0.1, 0.15) is 36.8 Å². The topological polar surface area (TPSA) is 84.0 Å². The third-order valence-corrected chi connectivity index (χ3v) is 5.05. The molecule has 7 nitrogen and oxygen atoms in total. The number of guanidine groups is 1. The monoisotopic (exact) mass is 552 g/mol. The first-order valence-corrected chi connectivity index (χ1v) is 10.8. The summed E-state index contributed by atoms with van der Waals surface area (Å²) in [5.74, 6) is 1.73. The minimum Gasteiger partial charge on any atom is -0.493 e. The molecule has 1 amide bonds. The third kappa shape index (κ3) is 7.98. The van der Waals surface area contributed by atoms with Gasteiger partial charge in [-0.05, 0) is 36.2 Å². The molecule has 2 aromatic rings. The van der Waals surface area contributed by atoms with E-state index in [1.807, 2.05) is 49.4 Å². The summed E-state index contributed by atoms with van der Waals surface area (Å²) in [5.41, 5.74) is 3.13. The summed E-state index contributed by atoms with van der Waals surface area (Å²) in [4.78, 5) is 16.8. The second kappa shape index (κ2) is 13.9. The summed E-state index contributed by atoms with van der Waals surface area (Å²) in [6, 6.07) is 16.0. The number of para-hydroxylation sites is 1. The van der Waals surface area contributed by atoms with Gasteiger partial charge in [-0.3, -0.25) is 4.79 Å². The van der Waals surface area contributed by atoms with E-state index in [0.29, 0.717) is 32.7 Å². The lowest BCUT2D eigenvalue weighted by molar-refractivity contribution is -0.116. The van der Waals surface area contributed by atoms with E-state index in [0.717, 1.165) is 41.5 Å². The summed E-state index contributed by atoms with van der Waals surface area (Å²) in [6.45, 7) is 5.28. The van der Waals surface area contributed by atoms with Gasteiger partial charge in [0, 0.05) is 51.3 Å². The van der Waals surface area contributed by atoms with Crippen LogP contribution in [-0.4, -0.2) is 45.3 Å². The molecule has 2 aromatic carbocycles. The van der Waals surface area contributed by atoms with Gasteiger partial charge in [-0.25, -0.2) is 4.99 Å². The molecule has 0 spiro atoms. The van der Waals surface area contributed by atoms with Gasteiger partial charge in [0.1, 0.15) is 5.75 Å². The quantitative estimate of drug-likeness (QED) is 0.180. The minimum atomic E-state index is 0. The van der Waals surface area contributed by atoms with Gasteiger partial charge < -0.3 is 25.4 Å². The number of fused-ring (bicyclic) bond motifs is 1. The van der Waals surface area contributed by atoms with Crippen LogP contribution < -0.4 is 20.7 Å². The van der Waals surface area contributed by atoms with Gasteiger partial charge in [-0.15, -0.1) is 24.0 Å². The zero-order chi connectivity index (χ0) is 21.9. The van der Waals surface area contributed by atoms with Crippen LogP contribution in [0.3, 0.4) is 0 Å². The molecule has 0 bridgehead atoms. The first-order valence-electron chi connectivity index (χ1n) is 10.8. The fourth-order valence-electron chi connectivity index (χ4n) is 3.54. The van der Waals surface area contributed by atoms with Crippen molar-refractivity contribution in [3.8, 4) is 5.75 Å². The highest BCUT2D eigenvalue weighted by atomic mass is 127. The van der Waals surface area contributed by atoms with Crippen LogP contribution in [-0.2, 0) is 16.1 Å². The SMILES string of the molecule is CCNC(=NCc1cccc(OCCCOC)c1)NCC1CC(=O)Nc2ccccc21.I. The zero-order valence-electron chi connectivity index (χ0n) is 18.7. The molecule has 0 radical (unpaired) electrons. The molecular formula is C24H33IN4O3. The predicted octanol–water partition coefficient (Wildman–Crippen LogP) is 3.90. The van der Waals surface area contributed by atoms with Crippen LogP contribution in [0.2, 0.25) is 0 Å². The Labute approximate surface area is 207 Å². The number of hydrogen-bond donors (Lipinski definition) is 3. The van der Waals surface area contributed by atoms with Crippen LogP contribution in [0.15, 0.2) is 53.5 Å². The van der Waals surface area contributed by atoms with Crippen molar-refractivity contribution in [2.75, 3.05) is 38.7 Å². The van der Waals surface area contributed by atoms with Crippen LogP contribution in [0.25, 0.3) is 0 Å². The molecule has 0 saturated heterocycles. The molecule has 0 fully saturated rings. The van der Waals surface area contributed by atoms with E-state index in [2.05, 4.69) is 22.0 Å². The molecule has 8 heteroatoms. The zero-order valence-corrected chi connectivity index (χ0v) is 21.1. The van der Waals surface area contributed by atoms with Crippen LogP contribution >= 0.6 is 24.0 Å². The van der Waals surface area contributed by atoms with Gasteiger partial charge in [0.2, 0.25) is 5.91 Å². The van der Waals surface area contributed by atoms with Crippen LogP contribution in [0.4, 0.5) is 5.69 Å². The Balaban J connectivity index is 0.00000363. The number of nitrogens with one attached hydrogen (secondary N) is 3. The number of rotatable bonds is 10. The van der Waals surface area contributed by atoms with E-state index in [4.69, 9.17) is 14.5 Å². The maximum Gasteiger partial charge on any atom is 0.225 e. The normalized spacial score (nSPS) is 15.2.